The molecule has 1 aromatic heterocycles. The van der Waals surface area contributed by atoms with Crippen LogP contribution in [-0.4, -0.2) is 22.7 Å². The Morgan fingerprint density at radius 1 is 1.00 bits per heavy atom. The number of fused-ring (bicyclic) bond motifs is 1. The van der Waals surface area contributed by atoms with Gasteiger partial charge in [0.15, 0.2) is 5.78 Å². The first-order valence-electron chi connectivity index (χ1n) is 8.54. The van der Waals surface area contributed by atoms with Crippen molar-refractivity contribution in [2.75, 3.05) is 4.90 Å². The number of Topliss-reactive ketones (excluding diaryl/α,β-unsaturated/α-hetero) is 1. The lowest BCUT2D eigenvalue weighted by Gasteiger charge is -2.37. The highest BCUT2D eigenvalue weighted by atomic mass is 35.5. The number of carbonyl (C=O) groups excluding carboxylic acids is 2. The Hall–Kier alpha value is -3.24. The average Bonchev–Trinajstić information content (AvgIpc) is 2.69. The molecule has 2 aromatic carbocycles. The molecule has 1 aliphatic carbocycles. The van der Waals surface area contributed by atoms with Crippen molar-refractivity contribution in [3.8, 4) is 11.1 Å². The minimum atomic E-state index is -0.653. The highest BCUT2D eigenvalue weighted by Crippen LogP contribution is 2.39. The Morgan fingerprint density at radius 3 is 2.67 bits per heavy atom. The van der Waals surface area contributed by atoms with Crippen LogP contribution >= 0.6 is 11.6 Å². The van der Waals surface area contributed by atoms with Gasteiger partial charge in [0.2, 0.25) is 0 Å². The van der Waals surface area contributed by atoms with Crippen molar-refractivity contribution in [3.05, 3.63) is 88.7 Å². The summed E-state index contributed by atoms with van der Waals surface area (Å²) in [4.78, 5) is 32.4. The topological polar surface area (TPSA) is 50.3 Å². The summed E-state index contributed by atoms with van der Waals surface area (Å²) in [5, 5.41) is 0.513. The lowest BCUT2D eigenvalue weighted by Crippen LogP contribution is -2.50. The van der Waals surface area contributed by atoms with Crippen LogP contribution in [0.1, 0.15) is 26.3 Å². The quantitative estimate of drug-likeness (QED) is 0.658. The van der Waals surface area contributed by atoms with E-state index in [-0.39, 0.29) is 11.7 Å². The smallest absolute Gasteiger partial charge is 0.260 e. The zero-order chi connectivity index (χ0) is 18.5. The van der Waals surface area contributed by atoms with Crippen LogP contribution in [-0.2, 0) is 0 Å². The van der Waals surface area contributed by atoms with Gasteiger partial charge in [-0.05, 0) is 35.4 Å². The van der Waals surface area contributed by atoms with Crippen LogP contribution in [0.5, 0.6) is 0 Å². The molecule has 1 atom stereocenters. The van der Waals surface area contributed by atoms with Crippen molar-refractivity contribution in [3.63, 3.8) is 0 Å². The molecule has 4 nitrogen and oxygen atoms in total. The number of hydrogen-bond donors (Lipinski definition) is 0. The molecule has 2 aliphatic rings. The molecule has 27 heavy (non-hydrogen) atoms. The molecule has 0 saturated carbocycles. The molecule has 2 heterocycles. The molecular weight excluding hydrogens is 360 g/mol. The Balaban J connectivity index is 1.78. The number of pyridine rings is 1. The van der Waals surface area contributed by atoms with E-state index in [1.54, 1.807) is 42.7 Å². The van der Waals surface area contributed by atoms with Crippen LogP contribution in [0.15, 0.2) is 67.0 Å². The van der Waals surface area contributed by atoms with Crippen molar-refractivity contribution in [2.24, 2.45) is 0 Å². The SMILES string of the molecule is O=C1c2c3ccc(-c4cccnc4)c2C(=O)N(c2cccc(Cl)c2)C1C=C3. The van der Waals surface area contributed by atoms with Gasteiger partial charge < -0.3 is 0 Å². The molecule has 1 unspecified atom stereocenters. The Morgan fingerprint density at radius 2 is 1.89 bits per heavy atom. The van der Waals surface area contributed by atoms with Crippen molar-refractivity contribution >= 4 is 35.1 Å². The number of hydrogen-bond acceptors (Lipinski definition) is 3. The number of anilines is 1. The van der Waals surface area contributed by atoms with Crippen molar-refractivity contribution in [1.29, 1.82) is 0 Å². The van der Waals surface area contributed by atoms with E-state index in [0.29, 0.717) is 27.4 Å². The first-order chi connectivity index (χ1) is 13.1. The van der Waals surface area contributed by atoms with Crippen LogP contribution in [0.2, 0.25) is 5.02 Å². The average molecular weight is 373 g/mol. The second-order valence-corrected chi connectivity index (χ2v) is 6.95. The predicted octanol–water partition coefficient (Wildman–Crippen LogP) is 4.64. The van der Waals surface area contributed by atoms with Gasteiger partial charge >= 0.3 is 0 Å². The van der Waals surface area contributed by atoms with Gasteiger partial charge in [-0.15, -0.1) is 0 Å². The van der Waals surface area contributed by atoms with Gasteiger partial charge in [-0.25, -0.2) is 0 Å². The number of nitrogens with zero attached hydrogens (tertiary/aromatic N) is 2. The van der Waals surface area contributed by atoms with Crippen LogP contribution in [0.25, 0.3) is 17.2 Å². The fourth-order valence-corrected chi connectivity index (χ4v) is 3.98. The third kappa shape index (κ3) is 2.34. The third-order valence-corrected chi connectivity index (χ3v) is 5.22. The number of benzene rings is 2. The minimum absolute atomic E-state index is 0.0761. The summed E-state index contributed by atoms with van der Waals surface area (Å²) in [6.45, 7) is 0. The summed E-state index contributed by atoms with van der Waals surface area (Å²) in [7, 11) is 0. The summed E-state index contributed by atoms with van der Waals surface area (Å²) in [6, 6.07) is 13.8. The first kappa shape index (κ1) is 16.0. The molecule has 5 heteroatoms. The second-order valence-electron chi connectivity index (χ2n) is 6.52. The van der Waals surface area contributed by atoms with E-state index in [2.05, 4.69) is 4.98 Å². The number of amides is 1. The lowest BCUT2D eigenvalue weighted by atomic mass is 9.80. The van der Waals surface area contributed by atoms with Crippen LogP contribution in [0, 0.1) is 0 Å². The summed E-state index contributed by atoms with van der Waals surface area (Å²) >= 11 is 6.13. The Labute approximate surface area is 160 Å². The van der Waals surface area contributed by atoms with Crippen molar-refractivity contribution in [1.82, 2.24) is 4.98 Å². The van der Waals surface area contributed by atoms with E-state index in [0.717, 1.165) is 11.1 Å². The molecular formula is C22H13ClN2O2. The van der Waals surface area contributed by atoms with E-state index in [1.165, 1.54) is 4.90 Å². The van der Waals surface area contributed by atoms with Crippen LogP contribution in [0.4, 0.5) is 5.69 Å². The number of halogens is 1. The van der Waals surface area contributed by atoms with E-state index >= 15 is 0 Å². The molecule has 5 rings (SSSR count). The van der Waals surface area contributed by atoms with E-state index in [1.807, 2.05) is 30.3 Å². The molecule has 2 bridgehead atoms. The molecule has 0 radical (unpaired) electrons. The monoisotopic (exact) mass is 372 g/mol. The molecule has 3 aromatic rings. The summed E-state index contributed by atoms with van der Waals surface area (Å²) in [5.74, 6) is -0.283. The number of rotatable bonds is 2. The fraction of sp³-hybridized carbons (Fsp3) is 0.0455. The summed E-state index contributed by atoms with van der Waals surface area (Å²) < 4.78 is 0. The third-order valence-electron chi connectivity index (χ3n) is 4.98. The minimum Gasteiger partial charge on any atom is -0.294 e. The maximum absolute atomic E-state index is 13.5. The van der Waals surface area contributed by atoms with E-state index in [9.17, 15) is 9.59 Å². The Bertz CT molecular complexity index is 1140. The van der Waals surface area contributed by atoms with Gasteiger partial charge in [-0.2, -0.15) is 0 Å². The van der Waals surface area contributed by atoms with E-state index in [4.69, 9.17) is 11.6 Å². The zero-order valence-electron chi connectivity index (χ0n) is 14.1. The normalized spacial score (nSPS) is 17.4. The standard InChI is InChI=1S/C22H13ClN2O2/c23-15-4-1-5-16(11-15)25-18-9-7-13-6-8-17(14-3-2-10-24-12-14)20(22(25)27)19(13)21(18)26/h1-12,18H. The number of carbonyl (C=O) groups is 2. The fourth-order valence-electron chi connectivity index (χ4n) is 3.79. The predicted molar refractivity (Wildman–Crippen MR) is 105 cm³/mol. The number of ketones is 1. The zero-order valence-corrected chi connectivity index (χ0v) is 14.9. The molecule has 0 saturated heterocycles. The lowest BCUT2D eigenvalue weighted by molar-refractivity contribution is 0.0885. The largest absolute Gasteiger partial charge is 0.294 e. The molecule has 0 fully saturated rings. The molecule has 1 amide bonds. The van der Waals surface area contributed by atoms with Gasteiger partial charge in [0, 0.05) is 34.2 Å². The molecule has 0 N–H and O–H groups in total. The summed E-state index contributed by atoms with van der Waals surface area (Å²) in [6.07, 6.45) is 7.06. The van der Waals surface area contributed by atoms with Gasteiger partial charge in [0.1, 0.15) is 6.04 Å². The van der Waals surface area contributed by atoms with Crippen molar-refractivity contribution in [2.45, 2.75) is 6.04 Å². The van der Waals surface area contributed by atoms with Gasteiger partial charge in [-0.1, -0.05) is 48.0 Å². The van der Waals surface area contributed by atoms with Crippen LogP contribution < -0.4 is 4.90 Å². The highest BCUT2D eigenvalue weighted by molar-refractivity contribution is 6.31. The molecule has 0 spiro atoms. The van der Waals surface area contributed by atoms with E-state index < -0.39 is 6.04 Å². The first-order valence-corrected chi connectivity index (χ1v) is 8.92. The second kappa shape index (κ2) is 5.89. The van der Waals surface area contributed by atoms with Gasteiger partial charge in [0.05, 0.1) is 5.56 Å². The molecule has 1 aliphatic heterocycles. The van der Waals surface area contributed by atoms with Crippen molar-refractivity contribution < 1.29 is 9.59 Å². The van der Waals surface area contributed by atoms with Gasteiger partial charge in [0.25, 0.3) is 5.91 Å². The summed E-state index contributed by atoms with van der Waals surface area (Å²) in [5.41, 5.74) is 3.80. The Kier molecular flexibility index (Phi) is 3.49. The van der Waals surface area contributed by atoms with Crippen LogP contribution in [0.3, 0.4) is 0 Å². The highest BCUT2D eigenvalue weighted by Gasteiger charge is 2.42. The van der Waals surface area contributed by atoms with Gasteiger partial charge in [-0.3, -0.25) is 19.5 Å². The maximum Gasteiger partial charge on any atom is 0.260 e. The molecule has 130 valence electrons. The number of aromatic nitrogens is 1. The maximum atomic E-state index is 13.5.